The molecule has 19 heteroatoms. The molecule has 3 aromatic carbocycles. The Morgan fingerprint density at radius 1 is 0.982 bits per heavy atom. The molecule has 55 heavy (non-hydrogen) atoms. The summed E-state index contributed by atoms with van der Waals surface area (Å²) in [4.78, 5) is 52.6. The number of nitrogens with one attached hydrogen (secondary N) is 2. The number of carbonyl (C=O) groups excluding carboxylic acids is 3. The highest BCUT2D eigenvalue weighted by Gasteiger charge is 2.54. The molecule has 1 aromatic heterocycles. The number of hydrogen-bond acceptors (Lipinski definition) is 12. The Hall–Kier alpha value is -5.59. The number of benzene rings is 3. The molecule has 0 aliphatic carbocycles. The van der Waals surface area contributed by atoms with Crippen LogP contribution < -0.4 is 10.6 Å². The summed E-state index contributed by atoms with van der Waals surface area (Å²) in [5.41, 5.74) is 8.42. The number of hydrogen-bond donors (Lipinski definition) is 3. The lowest BCUT2D eigenvalue weighted by molar-refractivity contribution is -0.167. The zero-order valence-electron chi connectivity index (χ0n) is 30.6. The number of anilines is 1. The maximum Gasteiger partial charge on any atom is 0.362 e. The van der Waals surface area contributed by atoms with Crippen LogP contribution >= 0.6 is 11.3 Å². The van der Waals surface area contributed by atoms with Crippen molar-refractivity contribution in [1.29, 1.82) is 0 Å². The van der Waals surface area contributed by atoms with E-state index in [1.165, 1.54) is 19.2 Å². The number of β-lactam (4-membered cyclic amide) rings is 1. The van der Waals surface area contributed by atoms with Gasteiger partial charge < -0.3 is 20.2 Å². The number of amides is 2. The van der Waals surface area contributed by atoms with Gasteiger partial charge in [0.25, 0.3) is 11.8 Å². The van der Waals surface area contributed by atoms with Crippen molar-refractivity contribution in [3.8, 4) is 0 Å². The molecule has 2 amide bonds. The molecule has 1 aliphatic rings. The van der Waals surface area contributed by atoms with E-state index in [4.69, 9.17) is 20.1 Å². The Balaban J connectivity index is 1.54. The molecule has 4 aromatic rings. The number of oxime groups is 1. The van der Waals surface area contributed by atoms with E-state index in [2.05, 4.69) is 45.5 Å². The van der Waals surface area contributed by atoms with Crippen molar-refractivity contribution in [2.45, 2.75) is 62.9 Å². The molecule has 1 aliphatic heterocycles. The second-order valence-electron chi connectivity index (χ2n) is 14.2. The first-order valence-electron chi connectivity index (χ1n) is 17.0. The second kappa shape index (κ2) is 16.4. The highest BCUT2D eigenvalue weighted by molar-refractivity contribution is 7.84. The van der Waals surface area contributed by atoms with Crippen LogP contribution in [-0.4, -0.2) is 78.2 Å². The molecule has 0 unspecified atom stereocenters. The van der Waals surface area contributed by atoms with Crippen LogP contribution in [0.1, 0.15) is 36.2 Å². The molecule has 1 fully saturated rings. The minimum atomic E-state index is -5.12. The molecule has 3 N–H and O–H groups in total. The summed E-state index contributed by atoms with van der Waals surface area (Å²) in [6.07, 6.45) is -1.81. The van der Waals surface area contributed by atoms with Crippen LogP contribution in [-0.2, 0) is 39.8 Å². The molecular formula is C36H40N8O8S2Si. The van der Waals surface area contributed by atoms with Crippen molar-refractivity contribution in [2.24, 2.45) is 10.3 Å². The van der Waals surface area contributed by atoms with Gasteiger partial charge in [0.05, 0.1) is 6.61 Å². The maximum absolute atomic E-state index is 13.9. The Kier molecular flexibility index (Phi) is 12.1. The topological polar surface area (TPSA) is 225 Å². The monoisotopic (exact) mass is 804 g/mol. The Morgan fingerprint density at radius 2 is 1.51 bits per heavy atom. The Bertz CT molecular complexity index is 2110. The zero-order valence-corrected chi connectivity index (χ0v) is 33.2. The standard InChI is InChI=1S/C36H40N8O8S2Si/c1-35(2,33(47)51-21-22-55(3,4)5)52-42-28(31(45)39-29-30(41-43-37)44(32(29)46)54(48,49)50)27-23-53-34(38-27)40-36(24-15-9-6-10-16-24,25-17-11-7-12-18-25)26-19-13-8-14-20-26/h6-20,23,29-30H,21-22H2,1-5H3,(H,38,40)(H,39,45)(H,48,49,50)/t29-,30-/m0/s1. The average molecular weight is 805 g/mol. The number of rotatable bonds is 16. The third-order valence-electron chi connectivity index (χ3n) is 8.55. The summed E-state index contributed by atoms with van der Waals surface area (Å²) in [5.74, 6) is -3.10. The van der Waals surface area contributed by atoms with Crippen LogP contribution in [0.5, 0.6) is 0 Å². The lowest BCUT2D eigenvalue weighted by Gasteiger charge is -2.41. The van der Waals surface area contributed by atoms with Gasteiger partial charge in [0, 0.05) is 18.4 Å². The van der Waals surface area contributed by atoms with Crippen molar-refractivity contribution in [1.82, 2.24) is 14.6 Å². The summed E-state index contributed by atoms with van der Waals surface area (Å²) in [5, 5.41) is 15.0. The second-order valence-corrected chi connectivity index (χ2v) is 21.9. The lowest BCUT2D eigenvalue weighted by atomic mass is 9.77. The van der Waals surface area contributed by atoms with E-state index >= 15 is 0 Å². The van der Waals surface area contributed by atoms with Crippen LogP contribution in [0.2, 0.25) is 25.7 Å². The van der Waals surface area contributed by atoms with E-state index in [0.29, 0.717) is 11.2 Å². The van der Waals surface area contributed by atoms with E-state index in [-0.39, 0.29) is 16.6 Å². The number of aromatic nitrogens is 1. The van der Waals surface area contributed by atoms with Crippen molar-refractivity contribution >= 4 is 58.3 Å². The SMILES string of the molecule is CC(C)(ON=C(C(=O)N[C@@H]1C(=O)N(S(=O)(=O)O)[C@@H]1N=[N+]=[N-])c1csc(NC(c2ccccc2)(c2ccccc2)c2ccccc2)n1)C(=O)OCC[Si](C)(C)C. The predicted molar refractivity (Wildman–Crippen MR) is 209 cm³/mol. The van der Waals surface area contributed by atoms with Crippen LogP contribution in [0, 0.1) is 0 Å². The minimum Gasteiger partial charge on any atom is -0.463 e. The fourth-order valence-corrected chi connectivity index (χ4v) is 7.86. The number of nitrogens with zero attached hydrogens (tertiary/aromatic N) is 6. The highest BCUT2D eigenvalue weighted by atomic mass is 32.2. The summed E-state index contributed by atoms with van der Waals surface area (Å²) in [6.45, 7) is 9.37. The number of ether oxygens (including phenoxy) is 1. The first-order valence-corrected chi connectivity index (χ1v) is 23.0. The molecule has 0 bridgehead atoms. The molecule has 0 saturated carbocycles. The minimum absolute atomic E-state index is 0.0465. The molecule has 1 saturated heterocycles. The number of azide groups is 1. The van der Waals surface area contributed by atoms with E-state index in [1.54, 1.807) is 0 Å². The maximum atomic E-state index is 13.9. The average Bonchev–Trinajstić information content (AvgIpc) is 3.60. The quantitative estimate of drug-likeness (QED) is 0.0120. The van der Waals surface area contributed by atoms with Gasteiger partial charge in [-0.15, -0.1) is 11.3 Å². The van der Waals surface area contributed by atoms with Crippen LogP contribution in [0.4, 0.5) is 5.13 Å². The molecular weight excluding hydrogens is 765 g/mol. The van der Waals surface area contributed by atoms with Crippen LogP contribution in [0.25, 0.3) is 10.4 Å². The van der Waals surface area contributed by atoms with Gasteiger partial charge in [-0.1, -0.05) is 121 Å². The van der Waals surface area contributed by atoms with Gasteiger partial charge >= 0.3 is 16.3 Å². The van der Waals surface area contributed by atoms with Crippen LogP contribution in [0.15, 0.2) is 107 Å². The number of thiazole rings is 1. The molecule has 2 atom stereocenters. The van der Waals surface area contributed by atoms with Crippen molar-refractivity contribution in [3.05, 3.63) is 129 Å². The Labute approximate surface area is 323 Å². The third kappa shape index (κ3) is 9.21. The summed E-state index contributed by atoms with van der Waals surface area (Å²) < 4.78 is 38.5. The van der Waals surface area contributed by atoms with Gasteiger partial charge in [-0.25, -0.2) is 14.1 Å². The predicted octanol–water partition coefficient (Wildman–Crippen LogP) is 5.69. The molecule has 0 radical (unpaired) electrons. The molecule has 0 spiro atoms. The number of carbonyl (C=O) groups is 3. The van der Waals surface area contributed by atoms with E-state index in [1.807, 2.05) is 91.0 Å². The highest BCUT2D eigenvalue weighted by Crippen LogP contribution is 2.40. The van der Waals surface area contributed by atoms with Crippen LogP contribution in [0.3, 0.4) is 0 Å². The van der Waals surface area contributed by atoms with Gasteiger partial charge in [-0.3, -0.25) is 14.1 Å². The Morgan fingerprint density at radius 3 is 1.98 bits per heavy atom. The molecule has 288 valence electrons. The largest absolute Gasteiger partial charge is 0.463 e. The van der Waals surface area contributed by atoms with E-state index in [9.17, 15) is 27.4 Å². The zero-order chi connectivity index (χ0) is 40.0. The van der Waals surface area contributed by atoms with E-state index in [0.717, 1.165) is 28.0 Å². The fraction of sp³-hybridized carbons (Fsp3) is 0.306. The lowest BCUT2D eigenvalue weighted by Crippen LogP contribution is -2.71. The van der Waals surface area contributed by atoms with Crippen molar-refractivity contribution in [2.75, 3.05) is 11.9 Å². The smallest absolute Gasteiger partial charge is 0.362 e. The number of esters is 1. The molecule has 5 rings (SSSR count). The van der Waals surface area contributed by atoms with Gasteiger partial charge in [0.15, 0.2) is 17.0 Å². The van der Waals surface area contributed by atoms with Gasteiger partial charge in [0.1, 0.15) is 17.3 Å². The van der Waals surface area contributed by atoms with Gasteiger partial charge in [-0.05, 0) is 42.1 Å². The van der Waals surface area contributed by atoms with Crippen molar-refractivity contribution < 1.29 is 36.9 Å². The first kappa shape index (κ1) is 40.6. The summed E-state index contributed by atoms with van der Waals surface area (Å²) >= 11 is 1.13. The molecule has 16 nitrogen and oxygen atoms in total. The third-order valence-corrected chi connectivity index (χ3v) is 11.9. The van der Waals surface area contributed by atoms with Gasteiger partial charge in [-0.2, -0.15) is 8.42 Å². The first-order chi connectivity index (χ1) is 26.0. The van der Waals surface area contributed by atoms with E-state index < -0.39 is 65.2 Å². The summed E-state index contributed by atoms with van der Waals surface area (Å²) in [6, 6.07) is 28.1. The summed E-state index contributed by atoms with van der Waals surface area (Å²) in [7, 11) is -6.65. The normalized spacial score (nSPS) is 16.4. The fourth-order valence-electron chi connectivity index (χ4n) is 5.62. The van der Waals surface area contributed by atoms with Crippen molar-refractivity contribution in [3.63, 3.8) is 0 Å². The van der Waals surface area contributed by atoms with Gasteiger partial charge in [0.2, 0.25) is 5.60 Å². The molecule has 2 heterocycles.